The first-order chi connectivity index (χ1) is 13.5. The molecule has 150 valence electrons. The first kappa shape index (κ1) is 20.3. The maximum Gasteiger partial charge on any atom is 0.263 e. The molecule has 1 aromatic carbocycles. The lowest BCUT2D eigenvalue weighted by atomic mass is 9.87. The lowest BCUT2D eigenvalue weighted by molar-refractivity contribution is -0.120. The number of benzene rings is 1. The number of nitrogens with one attached hydrogen (secondary N) is 1. The van der Waals surface area contributed by atoms with E-state index < -0.39 is 5.82 Å². The van der Waals surface area contributed by atoms with Crippen LogP contribution in [0.25, 0.3) is 0 Å². The minimum absolute atomic E-state index is 0.0547. The molecule has 0 spiro atoms. The van der Waals surface area contributed by atoms with E-state index in [0.717, 1.165) is 23.3 Å². The van der Waals surface area contributed by atoms with Crippen molar-refractivity contribution in [3.05, 3.63) is 45.4 Å². The van der Waals surface area contributed by atoms with Gasteiger partial charge in [0, 0.05) is 35.6 Å². The molecule has 1 aliphatic carbocycles. The maximum absolute atomic E-state index is 13.8. The van der Waals surface area contributed by atoms with Gasteiger partial charge in [-0.05, 0) is 56.9 Å². The molecule has 0 aliphatic heterocycles. The van der Waals surface area contributed by atoms with Gasteiger partial charge in [-0.25, -0.2) is 4.39 Å². The van der Waals surface area contributed by atoms with Crippen molar-refractivity contribution in [2.24, 2.45) is 5.92 Å². The van der Waals surface area contributed by atoms with Gasteiger partial charge < -0.3 is 15.0 Å². The third-order valence-corrected chi connectivity index (χ3v) is 6.36. The van der Waals surface area contributed by atoms with E-state index >= 15 is 0 Å². The van der Waals surface area contributed by atoms with Crippen LogP contribution in [0.5, 0.6) is 5.75 Å². The van der Waals surface area contributed by atoms with E-state index in [1.54, 1.807) is 11.0 Å². The average molecular weight is 405 g/mol. The zero-order valence-electron chi connectivity index (χ0n) is 16.4. The van der Waals surface area contributed by atoms with Crippen molar-refractivity contribution in [1.82, 2.24) is 4.90 Å². The minimum Gasteiger partial charge on any atom is -0.494 e. The smallest absolute Gasteiger partial charge is 0.263 e. The van der Waals surface area contributed by atoms with Crippen LogP contribution in [0.15, 0.2) is 24.3 Å². The summed E-state index contributed by atoms with van der Waals surface area (Å²) in [6.07, 6.45) is 2.10. The van der Waals surface area contributed by atoms with Gasteiger partial charge in [0.25, 0.3) is 5.91 Å². The lowest BCUT2D eigenvalue weighted by Crippen LogP contribution is -2.29. The molecule has 0 fully saturated rings. The van der Waals surface area contributed by atoms with E-state index in [1.807, 2.05) is 19.9 Å². The fourth-order valence-electron chi connectivity index (χ4n) is 3.51. The minimum atomic E-state index is -0.511. The Morgan fingerprint density at radius 1 is 1.29 bits per heavy atom. The summed E-state index contributed by atoms with van der Waals surface area (Å²) in [5, 5.41) is 2.79. The van der Waals surface area contributed by atoms with Crippen LogP contribution in [0.4, 0.5) is 10.1 Å². The molecule has 0 radical (unpaired) electrons. The second-order valence-electron chi connectivity index (χ2n) is 6.81. The van der Waals surface area contributed by atoms with Crippen LogP contribution in [0, 0.1) is 11.7 Å². The number of rotatable bonds is 6. The summed E-state index contributed by atoms with van der Waals surface area (Å²) in [7, 11) is 1.40. The van der Waals surface area contributed by atoms with Crippen LogP contribution >= 0.6 is 11.3 Å². The number of carbonyl (C=O) groups is 2. The van der Waals surface area contributed by atoms with Crippen LogP contribution in [0.1, 0.15) is 40.4 Å². The second kappa shape index (κ2) is 8.73. The number of nitrogens with zero attached hydrogens (tertiary/aromatic N) is 1. The number of halogens is 1. The highest BCUT2D eigenvalue weighted by molar-refractivity contribution is 7.14. The molecule has 2 amide bonds. The summed E-state index contributed by atoms with van der Waals surface area (Å²) in [6, 6.07) is 6.32. The van der Waals surface area contributed by atoms with Crippen molar-refractivity contribution in [1.29, 1.82) is 0 Å². The molecule has 1 aromatic heterocycles. The number of methoxy groups -OCH3 is 1. The van der Waals surface area contributed by atoms with E-state index in [0.29, 0.717) is 25.2 Å². The van der Waals surface area contributed by atoms with Gasteiger partial charge in [-0.2, -0.15) is 0 Å². The van der Waals surface area contributed by atoms with Crippen molar-refractivity contribution in [3.8, 4) is 5.75 Å². The van der Waals surface area contributed by atoms with E-state index in [2.05, 4.69) is 5.32 Å². The quantitative estimate of drug-likeness (QED) is 0.788. The molecular formula is C21H25FN2O3S. The van der Waals surface area contributed by atoms with E-state index in [9.17, 15) is 14.0 Å². The number of hydrogen-bond donors (Lipinski definition) is 1. The Morgan fingerprint density at radius 2 is 2.04 bits per heavy atom. The number of aryl methyl sites for hydroxylation is 1. The fourth-order valence-corrected chi connectivity index (χ4v) is 4.68. The van der Waals surface area contributed by atoms with Crippen molar-refractivity contribution in [2.45, 2.75) is 33.1 Å². The number of thiophene rings is 1. The standard InChI is InChI=1S/C21H25FN2O3S/c1-4-24(5-2)21(26)19-11-14-10-13(6-9-18(14)28-19)20(25)23-15-7-8-17(27-3)16(22)12-15/h7-8,11-13H,4-6,9-10H2,1-3H3,(H,23,25). The molecule has 3 rings (SSSR count). The van der Waals surface area contributed by atoms with Crippen molar-refractivity contribution in [2.75, 3.05) is 25.5 Å². The van der Waals surface area contributed by atoms with Crippen molar-refractivity contribution in [3.63, 3.8) is 0 Å². The van der Waals surface area contributed by atoms with Crippen LogP contribution in [-0.2, 0) is 17.6 Å². The summed E-state index contributed by atoms with van der Waals surface area (Å²) < 4.78 is 18.7. The summed E-state index contributed by atoms with van der Waals surface area (Å²) in [6.45, 7) is 5.30. The molecular weight excluding hydrogens is 379 g/mol. The predicted octanol–water partition coefficient (Wildman–Crippen LogP) is 4.12. The van der Waals surface area contributed by atoms with Gasteiger partial charge in [0.15, 0.2) is 11.6 Å². The fraction of sp³-hybridized carbons (Fsp3) is 0.429. The van der Waals surface area contributed by atoms with Crippen molar-refractivity contribution < 1.29 is 18.7 Å². The number of carbonyl (C=O) groups excluding carboxylic acids is 2. The number of fused-ring (bicyclic) bond motifs is 1. The number of ether oxygens (including phenoxy) is 1. The first-order valence-corrected chi connectivity index (χ1v) is 10.3. The largest absolute Gasteiger partial charge is 0.494 e. The molecule has 1 N–H and O–H groups in total. The van der Waals surface area contributed by atoms with E-state index in [4.69, 9.17) is 4.74 Å². The van der Waals surface area contributed by atoms with E-state index in [-0.39, 0.29) is 23.5 Å². The molecule has 1 unspecified atom stereocenters. The molecule has 5 nitrogen and oxygen atoms in total. The highest BCUT2D eigenvalue weighted by atomic mass is 32.1. The van der Waals surface area contributed by atoms with Crippen molar-refractivity contribution >= 4 is 28.8 Å². The summed E-state index contributed by atoms with van der Waals surface area (Å²) in [5.41, 5.74) is 1.49. The Labute approximate surface area is 168 Å². The SMILES string of the molecule is CCN(CC)C(=O)c1cc2c(s1)CCC(C(=O)Nc1ccc(OC)c(F)c1)C2. The number of amides is 2. The zero-order chi connectivity index (χ0) is 20.3. The van der Waals surface area contributed by atoms with Crippen LogP contribution in [0.3, 0.4) is 0 Å². The molecule has 28 heavy (non-hydrogen) atoms. The Morgan fingerprint density at radius 3 is 2.68 bits per heavy atom. The molecule has 7 heteroatoms. The Bertz CT molecular complexity index is 877. The molecule has 0 saturated carbocycles. The second-order valence-corrected chi connectivity index (χ2v) is 7.95. The average Bonchev–Trinajstić information content (AvgIpc) is 3.12. The van der Waals surface area contributed by atoms with Gasteiger partial charge >= 0.3 is 0 Å². The summed E-state index contributed by atoms with van der Waals surface area (Å²) in [5.74, 6) is -0.631. The Kier molecular flexibility index (Phi) is 6.34. The monoisotopic (exact) mass is 404 g/mol. The van der Waals surface area contributed by atoms with Gasteiger partial charge in [0.2, 0.25) is 5.91 Å². The van der Waals surface area contributed by atoms with Crippen LogP contribution in [-0.4, -0.2) is 36.9 Å². The van der Waals surface area contributed by atoms with Gasteiger partial charge in [-0.15, -0.1) is 11.3 Å². The topological polar surface area (TPSA) is 58.6 Å². The van der Waals surface area contributed by atoms with E-state index in [1.165, 1.54) is 35.5 Å². The van der Waals surface area contributed by atoms with Gasteiger partial charge in [0.05, 0.1) is 12.0 Å². The Hall–Kier alpha value is -2.41. The normalized spacial score (nSPS) is 15.6. The molecule has 2 aromatic rings. The highest BCUT2D eigenvalue weighted by Crippen LogP contribution is 2.33. The zero-order valence-corrected chi connectivity index (χ0v) is 17.2. The van der Waals surface area contributed by atoms with Crippen LogP contribution < -0.4 is 10.1 Å². The molecule has 0 bridgehead atoms. The third-order valence-electron chi connectivity index (χ3n) is 5.13. The van der Waals surface area contributed by atoms with Gasteiger partial charge in [0.1, 0.15) is 0 Å². The first-order valence-electron chi connectivity index (χ1n) is 9.52. The third kappa shape index (κ3) is 4.19. The van der Waals surface area contributed by atoms with Gasteiger partial charge in [-0.3, -0.25) is 9.59 Å². The molecule has 0 saturated heterocycles. The van der Waals surface area contributed by atoms with Gasteiger partial charge in [-0.1, -0.05) is 0 Å². The maximum atomic E-state index is 13.8. The van der Waals surface area contributed by atoms with Crippen LogP contribution in [0.2, 0.25) is 0 Å². The summed E-state index contributed by atoms with van der Waals surface area (Å²) in [4.78, 5) is 29.0. The highest BCUT2D eigenvalue weighted by Gasteiger charge is 2.28. The number of anilines is 1. The predicted molar refractivity (Wildman–Crippen MR) is 109 cm³/mol. The number of hydrogen-bond acceptors (Lipinski definition) is 4. The molecule has 1 aliphatic rings. The molecule has 1 atom stereocenters. The Balaban J connectivity index is 1.68. The lowest BCUT2D eigenvalue weighted by Gasteiger charge is -2.21. The molecule has 1 heterocycles. The summed E-state index contributed by atoms with van der Waals surface area (Å²) >= 11 is 1.54.